The zero-order valence-electron chi connectivity index (χ0n) is 10.5. The molecule has 5 heteroatoms. The van der Waals surface area contributed by atoms with E-state index in [-0.39, 0.29) is 10.3 Å². The van der Waals surface area contributed by atoms with Gasteiger partial charge in [0.05, 0.1) is 4.90 Å². The average molecular weight is 256 g/mol. The number of hydrogen-bond acceptors (Lipinski definition) is 3. The molecule has 0 unspecified atom stereocenters. The van der Waals surface area contributed by atoms with Gasteiger partial charge in [-0.2, -0.15) is 0 Å². The number of primary sulfonamides is 1. The van der Waals surface area contributed by atoms with Crippen LogP contribution in [0, 0.1) is 5.41 Å². The Hall–Kier alpha value is -1.07. The molecule has 0 amide bonds. The minimum absolute atomic E-state index is 0.137. The largest absolute Gasteiger partial charge is 0.385 e. The van der Waals surface area contributed by atoms with Crippen LogP contribution in [-0.2, 0) is 10.0 Å². The molecule has 1 rings (SSSR count). The first-order chi connectivity index (χ1) is 7.74. The number of nitrogens with one attached hydrogen (secondary N) is 1. The Kier molecular flexibility index (Phi) is 4.16. The summed E-state index contributed by atoms with van der Waals surface area (Å²) in [4.78, 5) is 0.137. The molecule has 0 bridgehead atoms. The van der Waals surface area contributed by atoms with Crippen molar-refractivity contribution >= 4 is 15.7 Å². The van der Waals surface area contributed by atoms with Gasteiger partial charge >= 0.3 is 0 Å². The lowest BCUT2D eigenvalue weighted by Crippen LogP contribution is -2.22. The number of rotatable bonds is 5. The van der Waals surface area contributed by atoms with E-state index in [1.807, 2.05) is 0 Å². The Morgan fingerprint density at radius 1 is 1.24 bits per heavy atom. The van der Waals surface area contributed by atoms with Crippen LogP contribution in [0.5, 0.6) is 0 Å². The summed E-state index contributed by atoms with van der Waals surface area (Å²) in [5.41, 5.74) is 1.12. The van der Waals surface area contributed by atoms with E-state index in [1.165, 1.54) is 12.1 Å². The molecule has 0 aliphatic rings. The van der Waals surface area contributed by atoms with Crippen molar-refractivity contribution in [2.75, 3.05) is 11.9 Å². The van der Waals surface area contributed by atoms with Crippen molar-refractivity contribution in [1.82, 2.24) is 0 Å². The van der Waals surface area contributed by atoms with Gasteiger partial charge in [-0.3, -0.25) is 0 Å². The van der Waals surface area contributed by atoms with Crippen molar-refractivity contribution in [2.45, 2.75) is 32.1 Å². The van der Waals surface area contributed by atoms with Crippen LogP contribution >= 0.6 is 0 Å². The Morgan fingerprint density at radius 2 is 1.76 bits per heavy atom. The summed E-state index contributed by atoms with van der Waals surface area (Å²) in [7, 11) is -3.60. The average Bonchev–Trinajstić information content (AvgIpc) is 2.26. The number of anilines is 1. The van der Waals surface area contributed by atoms with Gasteiger partial charge < -0.3 is 5.32 Å². The molecule has 0 saturated heterocycles. The lowest BCUT2D eigenvalue weighted by atomic mass is 9.90. The highest BCUT2D eigenvalue weighted by atomic mass is 32.2. The van der Waals surface area contributed by atoms with Gasteiger partial charge in [-0.15, -0.1) is 0 Å². The zero-order chi connectivity index (χ0) is 13.1. The molecule has 0 saturated carbocycles. The molecular formula is C12H20N2O2S. The van der Waals surface area contributed by atoms with Crippen molar-refractivity contribution in [2.24, 2.45) is 10.6 Å². The van der Waals surface area contributed by atoms with Crippen LogP contribution in [0.15, 0.2) is 29.2 Å². The summed E-state index contributed by atoms with van der Waals surface area (Å²) < 4.78 is 22.1. The van der Waals surface area contributed by atoms with E-state index in [0.717, 1.165) is 18.7 Å². The van der Waals surface area contributed by atoms with Crippen LogP contribution in [0.4, 0.5) is 5.69 Å². The van der Waals surface area contributed by atoms with Crippen LogP contribution < -0.4 is 10.5 Å². The van der Waals surface area contributed by atoms with Gasteiger partial charge in [0.15, 0.2) is 0 Å². The first kappa shape index (κ1) is 14.0. The molecule has 17 heavy (non-hydrogen) atoms. The monoisotopic (exact) mass is 256 g/mol. The smallest absolute Gasteiger partial charge is 0.238 e. The maximum absolute atomic E-state index is 11.1. The second-order valence-electron chi connectivity index (χ2n) is 4.94. The Bertz CT molecular complexity index is 464. The second-order valence-corrected chi connectivity index (χ2v) is 6.50. The Labute approximate surface area is 103 Å². The molecule has 0 radical (unpaired) electrons. The molecule has 0 aromatic heterocycles. The lowest BCUT2D eigenvalue weighted by molar-refractivity contribution is 0.377. The van der Waals surface area contributed by atoms with Crippen LogP contribution in [0.2, 0.25) is 0 Å². The van der Waals surface area contributed by atoms with Crippen molar-refractivity contribution in [3.05, 3.63) is 24.3 Å². The van der Waals surface area contributed by atoms with Gasteiger partial charge in [0, 0.05) is 12.2 Å². The van der Waals surface area contributed by atoms with E-state index >= 15 is 0 Å². The molecule has 0 aliphatic heterocycles. The molecule has 1 aromatic rings. The van der Waals surface area contributed by atoms with Crippen molar-refractivity contribution in [3.8, 4) is 0 Å². The molecule has 0 spiro atoms. The fraction of sp³-hybridized carbons (Fsp3) is 0.500. The fourth-order valence-electron chi connectivity index (χ4n) is 1.23. The van der Waals surface area contributed by atoms with E-state index in [0.29, 0.717) is 0 Å². The zero-order valence-corrected chi connectivity index (χ0v) is 11.3. The quantitative estimate of drug-likeness (QED) is 0.848. The standard InChI is InChI=1S/C12H20N2O2S/c1-4-12(2,3)9-14-10-5-7-11(8-6-10)17(13,15)16/h5-8,14H,4,9H2,1-3H3,(H2,13,15,16). The molecule has 96 valence electrons. The highest BCUT2D eigenvalue weighted by Gasteiger charge is 2.14. The molecule has 4 nitrogen and oxygen atoms in total. The van der Waals surface area contributed by atoms with Gasteiger partial charge in [0.1, 0.15) is 0 Å². The normalized spacial score (nSPS) is 12.5. The maximum atomic E-state index is 11.1. The van der Waals surface area contributed by atoms with Gasteiger partial charge in [-0.05, 0) is 36.1 Å². The molecule has 0 heterocycles. The summed E-state index contributed by atoms with van der Waals surface area (Å²) in [6.07, 6.45) is 1.08. The first-order valence-corrected chi connectivity index (χ1v) is 7.16. The minimum Gasteiger partial charge on any atom is -0.385 e. The number of hydrogen-bond donors (Lipinski definition) is 2. The lowest BCUT2D eigenvalue weighted by Gasteiger charge is -2.23. The Morgan fingerprint density at radius 3 is 2.18 bits per heavy atom. The van der Waals surface area contributed by atoms with E-state index in [1.54, 1.807) is 12.1 Å². The Balaban J connectivity index is 2.70. The minimum atomic E-state index is -3.60. The molecule has 0 fully saturated rings. The van der Waals surface area contributed by atoms with Crippen LogP contribution in [0.3, 0.4) is 0 Å². The summed E-state index contributed by atoms with van der Waals surface area (Å²) in [6.45, 7) is 7.35. The predicted octanol–water partition coefficient (Wildman–Crippen LogP) is 2.18. The van der Waals surface area contributed by atoms with Crippen LogP contribution in [0.1, 0.15) is 27.2 Å². The van der Waals surface area contributed by atoms with Crippen molar-refractivity contribution < 1.29 is 8.42 Å². The molecule has 0 atom stereocenters. The van der Waals surface area contributed by atoms with E-state index in [2.05, 4.69) is 26.1 Å². The first-order valence-electron chi connectivity index (χ1n) is 5.61. The summed E-state index contributed by atoms with van der Waals surface area (Å²) >= 11 is 0. The second kappa shape index (κ2) is 5.06. The summed E-state index contributed by atoms with van der Waals surface area (Å²) in [5.74, 6) is 0. The third-order valence-corrected chi connectivity index (χ3v) is 3.84. The van der Waals surface area contributed by atoms with Gasteiger partial charge in [-0.1, -0.05) is 20.8 Å². The van der Waals surface area contributed by atoms with Gasteiger partial charge in [0.25, 0.3) is 0 Å². The molecule has 1 aromatic carbocycles. The van der Waals surface area contributed by atoms with Crippen molar-refractivity contribution in [3.63, 3.8) is 0 Å². The topological polar surface area (TPSA) is 72.2 Å². The summed E-state index contributed by atoms with van der Waals surface area (Å²) in [6, 6.07) is 6.48. The fourth-order valence-corrected chi connectivity index (χ4v) is 1.74. The SMILES string of the molecule is CCC(C)(C)CNc1ccc(S(N)(=O)=O)cc1. The third-order valence-electron chi connectivity index (χ3n) is 2.91. The summed E-state index contributed by atoms with van der Waals surface area (Å²) in [5, 5.41) is 8.30. The van der Waals surface area contributed by atoms with E-state index in [9.17, 15) is 8.42 Å². The maximum Gasteiger partial charge on any atom is 0.238 e. The molecule has 0 aliphatic carbocycles. The van der Waals surface area contributed by atoms with E-state index in [4.69, 9.17) is 5.14 Å². The molecule has 3 N–H and O–H groups in total. The van der Waals surface area contributed by atoms with Crippen molar-refractivity contribution in [1.29, 1.82) is 0 Å². The number of nitrogens with two attached hydrogens (primary N) is 1. The van der Waals surface area contributed by atoms with Gasteiger partial charge in [-0.25, -0.2) is 13.6 Å². The van der Waals surface area contributed by atoms with Gasteiger partial charge in [0.2, 0.25) is 10.0 Å². The highest BCUT2D eigenvalue weighted by molar-refractivity contribution is 7.89. The molecular weight excluding hydrogens is 236 g/mol. The van der Waals surface area contributed by atoms with Crippen LogP contribution in [-0.4, -0.2) is 15.0 Å². The predicted molar refractivity (Wildman–Crippen MR) is 70.4 cm³/mol. The highest BCUT2D eigenvalue weighted by Crippen LogP contribution is 2.21. The van der Waals surface area contributed by atoms with Crippen LogP contribution in [0.25, 0.3) is 0 Å². The third kappa shape index (κ3) is 4.36. The number of benzene rings is 1. The number of sulfonamides is 1. The van der Waals surface area contributed by atoms with E-state index < -0.39 is 10.0 Å².